The maximum Gasteiger partial charge on any atom is 0.248 e. The van der Waals surface area contributed by atoms with Gasteiger partial charge in [0.2, 0.25) is 5.91 Å². The topological polar surface area (TPSA) is 61.6 Å². The number of carbonyl (C=O) groups excluding carboxylic acids is 1. The molecule has 0 spiro atoms. The third-order valence-corrected chi connectivity index (χ3v) is 1.93. The zero-order valence-electron chi connectivity index (χ0n) is 9.42. The van der Waals surface area contributed by atoms with Gasteiger partial charge in [-0.25, -0.2) is 5.84 Å². The fourth-order valence-electron chi connectivity index (χ4n) is 1.18. The second-order valence-electron chi connectivity index (χ2n) is 3.65. The molecule has 0 bridgehead atoms. The number of carbonyl (C=O) groups is 1. The first kappa shape index (κ1) is 13.4. The molecule has 84 valence electrons. The second-order valence-corrected chi connectivity index (χ2v) is 3.65. The smallest absolute Gasteiger partial charge is 0.248 e. The fraction of sp³-hybridized carbons (Fsp3) is 0.889. The number of hydrogen-bond acceptors (Lipinski definition) is 4. The van der Waals surface area contributed by atoms with Crippen LogP contribution >= 0.6 is 0 Å². The molecule has 0 aromatic carbocycles. The Bertz CT molecular complexity index is 161. The maximum absolute atomic E-state index is 11.1. The van der Waals surface area contributed by atoms with Gasteiger partial charge in [-0.05, 0) is 27.1 Å². The van der Waals surface area contributed by atoms with Gasteiger partial charge in [-0.3, -0.25) is 15.1 Å². The van der Waals surface area contributed by atoms with E-state index in [1.54, 1.807) is 0 Å². The zero-order chi connectivity index (χ0) is 11.0. The molecule has 0 aliphatic carbocycles. The molecule has 5 heteroatoms. The molecular formula is C9H22N4O. The van der Waals surface area contributed by atoms with E-state index < -0.39 is 0 Å². The predicted octanol–water partition coefficient (Wildman–Crippen LogP) is -0.750. The Morgan fingerprint density at radius 1 is 1.29 bits per heavy atom. The standard InChI is InChI=1S/C9H22N4O/c1-4-5-13(7-6-12(2)3)8-9(14)11-10/h4-8,10H2,1-3H3,(H,11,14). The molecule has 0 aromatic heterocycles. The van der Waals surface area contributed by atoms with Crippen molar-refractivity contribution in [3.63, 3.8) is 0 Å². The molecule has 0 saturated carbocycles. The minimum Gasteiger partial charge on any atom is -0.308 e. The molecule has 0 fully saturated rings. The van der Waals surface area contributed by atoms with Crippen LogP contribution < -0.4 is 11.3 Å². The van der Waals surface area contributed by atoms with Crippen LogP contribution in [0.3, 0.4) is 0 Å². The lowest BCUT2D eigenvalue weighted by Gasteiger charge is -2.22. The van der Waals surface area contributed by atoms with Crippen molar-refractivity contribution in [2.75, 3.05) is 40.3 Å². The summed E-state index contributed by atoms with van der Waals surface area (Å²) in [5, 5.41) is 0. The molecule has 0 rings (SSSR count). The van der Waals surface area contributed by atoms with E-state index in [9.17, 15) is 4.79 Å². The summed E-state index contributed by atoms with van der Waals surface area (Å²) in [6.07, 6.45) is 1.05. The molecule has 0 aliphatic rings. The number of nitrogens with two attached hydrogens (primary N) is 1. The normalized spacial score (nSPS) is 11.0. The molecule has 0 heterocycles. The van der Waals surface area contributed by atoms with Crippen molar-refractivity contribution >= 4 is 5.91 Å². The average molecular weight is 202 g/mol. The highest BCUT2D eigenvalue weighted by Crippen LogP contribution is 1.91. The van der Waals surface area contributed by atoms with Crippen molar-refractivity contribution in [2.24, 2.45) is 5.84 Å². The highest BCUT2D eigenvalue weighted by atomic mass is 16.2. The lowest BCUT2D eigenvalue weighted by molar-refractivity contribution is -0.122. The highest BCUT2D eigenvalue weighted by molar-refractivity contribution is 5.77. The molecule has 5 nitrogen and oxygen atoms in total. The first-order valence-corrected chi connectivity index (χ1v) is 4.96. The monoisotopic (exact) mass is 202 g/mol. The van der Waals surface area contributed by atoms with Gasteiger partial charge in [0.1, 0.15) is 0 Å². The lowest BCUT2D eigenvalue weighted by Crippen LogP contribution is -2.42. The molecule has 0 unspecified atom stereocenters. The van der Waals surface area contributed by atoms with Crippen molar-refractivity contribution in [1.82, 2.24) is 15.2 Å². The van der Waals surface area contributed by atoms with Gasteiger partial charge in [0.15, 0.2) is 0 Å². The number of hydrazine groups is 1. The summed E-state index contributed by atoms with van der Waals surface area (Å²) in [5.74, 6) is 4.91. The Morgan fingerprint density at radius 3 is 2.36 bits per heavy atom. The summed E-state index contributed by atoms with van der Waals surface area (Å²) >= 11 is 0. The Labute approximate surface area is 86.2 Å². The third-order valence-electron chi connectivity index (χ3n) is 1.93. The van der Waals surface area contributed by atoms with E-state index in [2.05, 4.69) is 22.1 Å². The van der Waals surface area contributed by atoms with E-state index in [0.29, 0.717) is 6.54 Å². The number of hydrogen-bond donors (Lipinski definition) is 2. The van der Waals surface area contributed by atoms with Crippen LogP contribution in [0.4, 0.5) is 0 Å². The largest absolute Gasteiger partial charge is 0.308 e. The van der Waals surface area contributed by atoms with E-state index >= 15 is 0 Å². The Kier molecular flexibility index (Phi) is 7.37. The molecule has 3 N–H and O–H groups in total. The van der Waals surface area contributed by atoms with Crippen LogP contribution in [0.15, 0.2) is 0 Å². The van der Waals surface area contributed by atoms with Gasteiger partial charge < -0.3 is 4.90 Å². The molecular weight excluding hydrogens is 180 g/mol. The van der Waals surface area contributed by atoms with Gasteiger partial charge in [-0.1, -0.05) is 6.92 Å². The minimum absolute atomic E-state index is 0.128. The molecule has 0 radical (unpaired) electrons. The Morgan fingerprint density at radius 2 is 1.93 bits per heavy atom. The van der Waals surface area contributed by atoms with Gasteiger partial charge in [-0.15, -0.1) is 0 Å². The van der Waals surface area contributed by atoms with Crippen molar-refractivity contribution in [3.8, 4) is 0 Å². The number of nitrogens with one attached hydrogen (secondary N) is 1. The fourth-order valence-corrected chi connectivity index (χ4v) is 1.18. The Balaban J connectivity index is 3.82. The van der Waals surface area contributed by atoms with E-state index in [0.717, 1.165) is 26.1 Å². The van der Waals surface area contributed by atoms with Gasteiger partial charge in [-0.2, -0.15) is 0 Å². The molecule has 1 amide bonds. The van der Waals surface area contributed by atoms with Crippen LogP contribution in [0.2, 0.25) is 0 Å². The van der Waals surface area contributed by atoms with Gasteiger partial charge >= 0.3 is 0 Å². The number of rotatable bonds is 7. The second kappa shape index (κ2) is 7.73. The van der Waals surface area contributed by atoms with Crippen molar-refractivity contribution in [2.45, 2.75) is 13.3 Å². The number of likely N-dealkylation sites (N-methyl/N-ethyl adjacent to an activating group) is 1. The molecule has 0 aliphatic heterocycles. The van der Waals surface area contributed by atoms with E-state index in [1.165, 1.54) is 0 Å². The molecule has 0 saturated heterocycles. The molecule has 0 aromatic rings. The summed E-state index contributed by atoms with van der Waals surface area (Å²) in [5.41, 5.74) is 2.15. The molecule has 0 atom stereocenters. The maximum atomic E-state index is 11.1. The Hall–Kier alpha value is -0.650. The van der Waals surface area contributed by atoms with Crippen LogP contribution in [-0.2, 0) is 4.79 Å². The lowest BCUT2D eigenvalue weighted by atomic mass is 10.3. The predicted molar refractivity (Wildman–Crippen MR) is 57.6 cm³/mol. The van der Waals surface area contributed by atoms with Crippen molar-refractivity contribution in [3.05, 3.63) is 0 Å². The van der Waals surface area contributed by atoms with E-state index in [-0.39, 0.29) is 5.91 Å². The van der Waals surface area contributed by atoms with E-state index in [1.807, 2.05) is 14.1 Å². The summed E-state index contributed by atoms with van der Waals surface area (Å²) in [6.45, 7) is 5.27. The highest BCUT2D eigenvalue weighted by Gasteiger charge is 2.08. The first-order chi connectivity index (χ1) is 6.60. The van der Waals surface area contributed by atoms with Gasteiger partial charge in [0, 0.05) is 13.1 Å². The van der Waals surface area contributed by atoms with Gasteiger partial charge in [0.05, 0.1) is 6.54 Å². The van der Waals surface area contributed by atoms with Gasteiger partial charge in [0.25, 0.3) is 0 Å². The zero-order valence-corrected chi connectivity index (χ0v) is 9.42. The summed E-state index contributed by atoms with van der Waals surface area (Å²) in [7, 11) is 4.04. The summed E-state index contributed by atoms with van der Waals surface area (Å²) in [4.78, 5) is 15.2. The summed E-state index contributed by atoms with van der Waals surface area (Å²) in [6, 6.07) is 0. The van der Waals surface area contributed by atoms with Crippen LogP contribution in [0.5, 0.6) is 0 Å². The third kappa shape index (κ3) is 6.82. The van der Waals surface area contributed by atoms with Crippen molar-refractivity contribution in [1.29, 1.82) is 0 Å². The van der Waals surface area contributed by atoms with Crippen LogP contribution in [0.25, 0.3) is 0 Å². The minimum atomic E-state index is -0.128. The average Bonchev–Trinajstić information content (AvgIpc) is 2.14. The molecule has 14 heavy (non-hydrogen) atoms. The van der Waals surface area contributed by atoms with Crippen LogP contribution in [-0.4, -0.2) is 56.0 Å². The van der Waals surface area contributed by atoms with Crippen molar-refractivity contribution < 1.29 is 4.79 Å². The van der Waals surface area contributed by atoms with E-state index in [4.69, 9.17) is 5.84 Å². The number of amides is 1. The van der Waals surface area contributed by atoms with Crippen LogP contribution in [0, 0.1) is 0 Å². The van der Waals surface area contributed by atoms with Crippen LogP contribution in [0.1, 0.15) is 13.3 Å². The number of nitrogens with zero attached hydrogens (tertiary/aromatic N) is 2. The summed E-state index contributed by atoms with van der Waals surface area (Å²) < 4.78 is 0. The SMILES string of the molecule is CCCN(CCN(C)C)CC(=O)NN. The first-order valence-electron chi connectivity index (χ1n) is 4.96. The quantitative estimate of drug-likeness (QED) is 0.324.